The van der Waals surface area contributed by atoms with Crippen molar-refractivity contribution >= 4 is 65.8 Å². The zero-order valence-corrected chi connectivity index (χ0v) is 32.8. The van der Waals surface area contributed by atoms with Gasteiger partial charge in [0.05, 0.1) is 12.2 Å². The van der Waals surface area contributed by atoms with E-state index in [0.717, 1.165) is 132 Å². The molecule has 0 radical (unpaired) electrons. The molecule has 0 amide bonds. The molecule has 1 fully saturated rings. The molecule has 0 saturated heterocycles. The predicted molar refractivity (Wildman–Crippen MR) is 233 cm³/mol. The maximum atomic E-state index is 12.4. The molecule has 6 heteroatoms. The molecule has 0 heterocycles. The minimum atomic E-state index is -0.877. The van der Waals surface area contributed by atoms with Crippen LogP contribution < -0.4 is 21.3 Å². The summed E-state index contributed by atoms with van der Waals surface area (Å²) in [6.45, 7) is 12.8. The van der Waals surface area contributed by atoms with Gasteiger partial charge in [0, 0.05) is 71.5 Å². The number of benzene rings is 6. The number of fused-ring (bicyclic) bond motifs is 4. The third-order valence-electron chi connectivity index (χ3n) is 12.1. The lowest BCUT2D eigenvalue weighted by atomic mass is 9.61. The predicted octanol–water partition coefficient (Wildman–Crippen LogP) is 10.9. The Labute approximate surface area is 321 Å². The number of nitrogen functional groups attached to an aromatic ring is 2. The van der Waals surface area contributed by atoms with Crippen LogP contribution in [0.2, 0.25) is 0 Å². The van der Waals surface area contributed by atoms with Crippen molar-refractivity contribution in [1.82, 2.24) is 0 Å². The van der Waals surface area contributed by atoms with Crippen LogP contribution in [0, 0.1) is 0 Å². The summed E-state index contributed by atoms with van der Waals surface area (Å²) in [5, 5.41) is 33.5. The number of unbranched alkanes of at least 4 members (excludes halogenated alkanes) is 4. The van der Waals surface area contributed by atoms with E-state index in [1.54, 1.807) is 0 Å². The lowest BCUT2D eigenvalue weighted by molar-refractivity contribution is -0.0770. The lowest BCUT2D eigenvalue weighted by Crippen LogP contribution is -2.52. The first-order valence-electron chi connectivity index (χ1n) is 20.7. The summed E-state index contributed by atoms with van der Waals surface area (Å²) in [7, 11) is 0. The third kappa shape index (κ3) is 6.95. The fourth-order valence-corrected chi connectivity index (χ4v) is 9.02. The minimum Gasteiger partial charge on any atom is -0.398 e. The molecule has 0 bridgehead atoms. The van der Waals surface area contributed by atoms with Crippen LogP contribution in [0.5, 0.6) is 0 Å². The number of hydrogen-bond donors (Lipinski definition) is 4. The molecule has 0 aliphatic heterocycles. The van der Waals surface area contributed by atoms with Crippen molar-refractivity contribution in [3.05, 3.63) is 96.1 Å². The first-order chi connectivity index (χ1) is 26.3. The Bertz CT molecular complexity index is 2070. The summed E-state index contributed by atoms with van der Waals surface area (Å²) >= 11 is 0. The van der Waals surface area contributed by atoms with Crippen LogP contribution in [-0.4, -0.2) is 48.6 Å². The first kappa shape index (κ1) is 37.8. The van der Waals surface area contributed by atoms with Crippen LogP contribution in [0.25, 0.3) is 43.1 Å². The molecule has 7 rings (SSSR count). The Hall–Kier alpha value is -4.52. The Balaban J connectivity index is 1.37. The first-order valence-corrected chi connectivity index (χ1v) is 20.7. The Kier molecular flexibility index (Phi) is 11.5. The van der Waals surface area contributed by atoms with Crippen LogP contribution in [0.1, 0.15) is 102 Å². The highest BCUT2D eigenvalue weighted by Gasteiger charge is 2.53. The molecule has 6 aromatic carbocycles. The molecule has 6 N–H and O–H groups in total. The number of aliphatic hydroxyl groups is 2. The van der Waals surface area contributed by atoms with E-state index in [0.29, 0.717) is 11.4 Å². The van der Waals surface area contributed by atoms with E-state index in [1.165, 1.54) is 10.8 Å². The number of rotatable bonds is 16. The van der Waals surface area contributed by atoms with Crippen molar-refractivity contribution in [2.24, 2.45) is 0 Å². The van der Waals surface area contributed by atoms with E-state index in [4.69, 9.17) is 11.5 Å². The maximum Gasteiger partial charge on any atom is 0.0729 e. The lowest BCUT2D eigenvalue weighted by Gasteiger charge is -2.48. The van der Waals surface area contributed by atoms with Crippen LogP contribution >= 0.6 is 0 Å². The number of anilines is 4. The van der Waals surface area contributed by atoms with Crippen LogP contribution in [0.4, 0.5) is 22.7 Å². The largest absolute Gasteiger partial charge is 0.398 e. The quantitative estimate of drug-likeness (QED) is 0.0586. The van der Waals surface area contributed by atoms with Gasteiger partial charge in [-0.05, 0) is 106 Å². The SMILES string of the molecule is CCCCN(CCCC)c1cc(N)c(C2C(O)C(c3c(N)cc(N(CCCC)CCCC)c4cc5ccccc5cc34)C2O)c2cc3ccccc3cc12. The topological polar surface area (TPSA) is 99.0 Å². The second-order valence-corrected chi connectivity index (χ2v) is 15.7. The Morgan fingerprint density at radius 1 is 0.463 bits per heavy atom. The van der Waals surface area contributed by atoms with E-state index >= 15 is 0 Å². The van der Waals surface area contributed by atoms with E-state index < -0.39 is 24.0 Å². The molecule has 0 aromatic heterocycles. The zero-order chi connectivity index (χ0) is 37.9. The highest BCUT2D eigenvalue weighted by molar-refractivity contribution is 6.09. The minimum absolute atomic E-state index is 0.562. The molecule has 6 nitrogen and oxygen atoms in total. The van der Waals surface area contributed by atoms with E-state index in [1.807, 2.05) is 0 Å². The van der Waals surface area contributed by atoms with Crippen LogP contribution in [-0.2, 0) is 0 Å². The van der Waals surface area contributed by atoms with Gasteiger partial charge in [0.15, 0.2) is 0 Å². The van der Waals surface area contributed by atoms with E-state index in [9.17, 15) is 10.2 Å². The third-order valence-corrected chi connectivity index (χ3v) is 12.1. The van der Waals surface area contributed by atoms with Gasteiger partial charge in [0.2, 0.25) is 0 Å². The van der Waals surface area contributed by atoms with Crippen molar-refractivity contribution in [2.75, 3.05) is 47.4 Å². The van der Waals surface area contributed by atoms with Gasteiger partial charge in [-0.2, -0.15) is 0 Å². The summed E-state index contributed by atoms with van der Waals surface area (Å²) in [5.41, 5.74) is 19.3. The van der Waals surface area contributed by atoms with E-state index in [2.05, 4.69) is 122 Å². The summed E-state index contributed by atoms with van der Waals surface area (Å²) in [6, 6.07) is 30.1. The van der Waals surface area contributed by atoms with Crippen LogP contribution in [0.15, 0.2) is 84.9 Å². The van der Waals surface area contributed by atoms with Crippen molar-refractivity contribution in [3.8, 4) is 0 Å². The van der Waals surface area contributed by atoms with Crippen molar-refractivity contribution in [1.29, 1.82) is 0 Å². The average Bonchev–Trinajstić information content (AvgIpc) is 3.18. The van der Waals surface area contributed by atoms with Crippen molar-refractivity contribution in [2.45, 2.75) is 103 Å². The fraction of sp³-hybridized carbons (Fsp3) is 0.417. The Morgan fingerprint density at radius 3 is 1.06 bits per heavy atom. The molecule has 54 heavy (non-hydrogen) atoms. The van der Waals surface area contributed by atoms with Gasteiger partial charge in [0.25, 0.3) is 0 Å². The second-order valence-electron chi connectivity index (χ2n) is 15.7. The van der Waals surface area contributed by atoms with Crippen molar-refractivity contribution in [3.63, 3.8) is 0 Å². The van der Waals surface area contributed by atoms with Gasteiger partial charge in [-0.3, -0.25) is 0 Å². The standard InChI is InChI=1S/C48H60N4O2/c1-5-9-21-51(22-10-6-2)41-29-39(49)43(37-27-33-19-15-13-17-31(33)25-35(37)41)45-47(53)46(48(45)54)44-38-28-34-20-16-14-18-32(34)26-36(38)42(30-40(44)50)52(23-11-7-3)24-12-8-4/h13-20,25-30,45-48,53-54H,5-12,21-24,49-50H2,1-4H3. The fourth-order valence-electron chi connectivity index (χ4n) is 9.02. The molecular weight excluding hydrogens is 665 g/mol. The monoisotopic (exact) mass is 724 g/mol. The van der Waals surface area contributed by atoms with Gasteiger partial charge in [0.1, 0.15) is 0 Å². The molecule has 0 unspecified atom stereocenters. The summed E-state index contributed by atoms with van der Waals surface area (Å²) in [6.07, 6.45) is 7.09. The normalized spacial score (nSPS) is 18.5. The van der Waals surface area contributed by atoms with Crippen LogP contribution in [0.3, 0.4) is 0 Å². The molecule has 0 spiro atoms. The van der Waals surface area contributed by atoms with Gasteiger partial charge >= 0.3 is 0 Å². The molecule has 1 aliphatic rings. The van der Waals surface area contributed by atoms with E-state index in [-0.39, 0.29) is 0 Å². The number of hydrogen-bond acceptors (Lipinski definition) is 6. The van der Waals surface area contributed by atoms with Gasteiger partial charge in [-0.15, -0.1) is 0 Å². The molecule has 6 aromatic rings. The summed E-state index contributed by atoms with van der Waals surface area (Å²) in [4.78, 5) is 4.98. The molecule has 1 aliphatic carbocycles. The second kappa shape index (κ2) is 16.5. The molecule has 284 valence electrons. The Morgan fingerprint density at radius 2 is 0.759 bits per heavy atom. The summed E-state index contributed by atoms with van der Waals surface area (Å²) in [5.74, 6) is -1.12. The molecule has 1 saturated carbocycles. The number of aliphatic hydroxyl groups excluding tert-OH is 2. The molecular formula is C48H60N4O2. The highest BCUT2D eigenvalue weighted by Crippen LogP contribution is 2.55. The number of nitrogens with zero attached hydrogens (tertiary/aromatic N) is 2. The van der Waals surface area contributed by atoms with Gasteiger partial charge < -0.3 is 31.5 Å². The van der Waals surface area contributed by atoms with Gasteiger partial charge in [-0.25, -0.2) is 0 Å². The highest BCUT2D eigenvalue weighted by atomic mass is 16.3. The zero-order valence-electron chi connectivity index (χ0n) is 32.8. The summed E-state index contributed by atoms with van der Waals surface area (Å²) < 4.78 is 0. The smallest absolute Gasteiger partial charge is 0.0729 e. The average molecular weight is 725 g/mol. The van der Waals surface area contributed by atoms with Crippen molar-refractivity contribution < 1.29 is 10.2 Å². The number of nitrogens with two attached hydrogens (primary N) is 2. The maximum absolute atomic E-state index is 12.4. The molecule has 0 atom stereocenters. The van der Waals surface area contributed by atoms with Gasteiger partial charge in [-0.1, -0.05) is 102 Å².